The fourth-order valence-corrected chi connectivity index (χ4v) is 12.2. The summed E-state index contributed by atoms with van der Waals surface area (Å²) in [6.45, 7) is 18.4. The normalized spacial score (nSPS) is 12.2. The Morgan fingerprint density at radius 1 is 0.286 bits per heavy atom. The van der Waals surface area contributed by atoms with Crippen LogP contribution in [0, 0.1) is 0 Å². The fourth-order valence-electron chi connectivity index (χ4n) is 12.2. The molecule has 0 atom stereocenters. The van der Waals surface area contributed by atoms with Crippen molar-refractivity contribution in [2.24, 2.45) is 0 Å². The second-order valence-electron chi connectivity index (χ2n) is 22.4. The van der Waals surface area contributed by atoms with Crippen LogP contribution in [0.3, 0.4) is 0 Å². The Morgan fingerprint density at radius 3 is 0.792 bits per heavy atom. The molecule has 0 radical (unpaired) electrons. The molecule has 0 fully saturated rings. The van der Waals surface area contributed by atoms with Crippen LogP contribution in [0.2, 0.25) is 0 Å². The van der Waals surface area contributed by atoms with Crippen LogP contribution in [0.5, 0.6) is 0 Å². The molecule has 13 aromatic rings. The van der Waals surface area contributed by atoms with Crippen LogP contribution in [-0.4, -0.2) is 9.13 Å². The average molecular weight is 999 g/mol. The van der Waals surface area contributed by atoms with Crippen molar-refractivity contribution in [1.29, 1.82) is 0 Å². The summed E-state index contributed by atoms with van der Waals surface area (Å²) >= 11 is 0. The first-order valence-electron chi connectivity index (χ1n) is 27.5. The first kappa shape index (κ1) is 47.9. The third kappa shape index (κ3) is 8.00. The molecule has 0 amide bonds. The minimum Gasteiger partial charge on any atom is -0.456 e. The Kier molecular flexibility index (Phi) is 11.7. The molecule has 0 bridgehead atoms. The van der Waals surface area contributed by atoms with E-state index < -0.39 is 0 Å². The van der Waals surface area contributed by atoms with Crippen LogP contribution < -0.4 is 5.43 Å². The minimum absolute atomic E-state index is 0.0414. The largest absolute Gasteiger partial charge is 0.456 e. The lowest BCUT2D eigenvalue weighted by atomic mass is 9.92. The number of rotatable bonds is 10. The van der Waals surface area contributed by atoms with Crippen LogP contribution in [-0.2, 0) is 0 Å². The van der Waals surface area contributed by atoms with Gasteiger partial charge in [-0.05, 0) is 163 Å². The molecule has 3 heterocycles. The lowest BCUT2D eigenvalue weighted by Gasteiger charge is -2.18. The second kappa shape index (κ2) is 18.8. The highest BCUT2D eigenvalue weighted by Gasteiger charge is 2.26. The molecule has 10 aromatic carbocycles. The number of hydrogen-bond acceptors (Lipinski definition) is 2. The molecule has 13 rings (SSSR count). The minimum atomic E-state index is -0.0414. The van der Waals surface area contributed by atoms with E-state index in [1.54, 1.807) is 0 Å². The van der Waals surface area contributed by atoms with Crippen molar-refractivity contribution in [2.45, 2.75) is 79.1 Å². The summed E-state index contributed by atoms with van der Waals surface area (Å²) in [5.74, 6) is 0.849. The molecule has 3 aromatic heterocycles. The standard InChI is InChI=1S/C73H62N2O2/c1-43(2)59-33-51(47-21-13-9-14-22-47)37-63-64-38-52(48-23-15-10-16-24-48)34-60(44(3)4)70(64)74(69(59)63)55-29-31-57-67(41-55)77-68-42-56(30-32-58(68)73(57)76)75-71-61(45(5)6)35-53(49-25-17-11-18-26-49)39-65(71)66-40-54(50-27-19-12-20-28-50)36-62(46(7)8)72(66)75/h9-46H,1-8H3. The summed E-state index contributed by atoms with van der Waals surface area (Å²) in [6.07, 6.45) is 0. The van der Waals surface area contributed by atoms with Gasteiger partial charge in [-0.25, -0.2) is 0 Å². The van der Waals surface area contributed by atoms with E-state index in [0.717, 1.165) is 11.4 Å². The molecule has 0 saturated heterocycles. The van der Waals surface area contributed by atoms with E-state index >= 15 is 0 Å². The second-order valence-corrected chi connectivity index (χ2v) is 22.4. The van der Waals surface area contributed by atoms with E-state index in [9.17, 15) is 4.79 Å². The van der Waals surface area contributed by atoms with Crippen molar-refractivity contribution >= 4 is 65.6 Å². The molecule has 0 aliphatic rings. The topological polar surface area (TPSA) is 40.1 Å². The van der Waals surface area contributed by atoms with E-state index in [4.69, 9.17) is 4.42 Å². The van der Waals surface area contributed by atoms with E-state index in [1.807, 2.05) is 12.1 Å². The van der Waals surface area contributed by atoms with Gasteiger partial charge in [-0.2, -0.15) is 0 Å². The van der Waals surface area contributed by atoms with Gasteiger partial charge in [0.25, 0.3) is 0 Å². The molecule has 0 aliphatic carbocycles. The third-order valence-electron chi connectivity index (χ3n) is 16.1. The van der Waals surface area contributed by atoms with Crippen molar-refractivity contribution in [1.82, 2.24) is 9.13 Å². The van der Waals surface area contributed by atoms with Gasteiger partial charge in [0.05, 0.1) is 32.8 Å². The molecule has 0 N–H and O–H groups in total. The maximum absolute atomic E-state index is 14.9. The lowest BCUT2D eigenvalue weighted by Crippen LogP contribution is -2.06. The molecule has 0 aliphatic heterocycles. The van der Waals surface area contributed by atoms with Gasteiger partial charge in [-0.3, -0.25) is 4.79 Å². The Labute approximate surface area is 450 Å². The zero-order valence-electron chi connectivity index (χ0n) is 45.2. The quantitative estimate of drug-likeness (QED) is 0.128. The smallest absolute Gasteiger partial charge is 0.200 e. The first-order chi connectivity index (χ1) is 37.4. The fraction of sp³-hybridized carbons (Fsp3) is 0.164. The van der Waals surface area contributed by atoms with E-state index in [-0.39, 0.29) is 29.1 Å². The summed E-state index contributed by atoms with van der Waals surface area (Å²) in [4.78, 5) is 14.9. The van der Waals surface area contributed by atoms with E-state index in [2.05, 4.69) is 259 Å². The van der Waals surface area contributed by atoms with Crippen molar-refractivity contribution in [2.75, 3.05) is 0 Å². The highest BCUT2D eigenvalue weighted by Crippen LogP contribution is 2.47. The summed E-state index contributed by atoms with van der Waals surface area (Å²) < 4.78 is 12.1. The molecule has 0 saturated carbocycles. The SMILES string of the molecule is CC(C)c1cc(-c2ccccc2)cc2c3cc(-c4ccccc4)cc(C(C)C)c3n(-c3ccc4c(=O)c5ccc(-n6c7c(C(C)C)cc(-c8ccccc8)cc7c7cc(-c8ccccc8)cc(C(C)C)c76)cc5oc4c3)c12. The van der Waals surface area contributed by atoms with Crippen LogP contribution >= 0.6 is 0 Å². The van der Waals surface area contributed by atoms with Crippen LogP contribution in [0.1, 0.15) is 101 Å². The Morgan fingerprint density at radius 2 is 0.545 bits per heavy atom. The number of fused-ring (bicyclic) bond motifs is 8. The highest BCUT2D eigenvalue weighted by molar-refractivity contribution is 6.16. The Balaban J connectivity index is 1.08. The first-order valence-corrected chi connectivity index (χ1v) is 27.5. The van der Waals surface area contributed by atoms with Gasteiger partial charge in [0.1, 0.15) is 11.2 Å². The predicted molar refractivity (Wildman–Crippen MR) is 327 cm³/mol. The van der Waals surface area contributed by atoms with E-state index in [1.165, 1.54) is 110 Å². The van der Waals surface area contributed by atoms with Crippen molar-refractivity contribution in [3.8, 4) is 55.9 Å². The van der Waals surface area contributed by atoms with Crippen LogP contribution in [0.15, 0.2) is 215 Å². The summed E-state index contributed by atoms with van der Waals surface area (Å²) in [6, 6.07) is 74.5. The highest BCUT2D eigenvalue weighted by atomic mass is 16.3. The van der Waals surface area contributed by atoms with Gasteiger partial charge in [0.2, 0.25) is 5.43 Å². The van der Waals surface area contributed by atoms with E-state index in [0.29, 0.717) is 21.9 Å². The maximum atomic E-state index is 14.9. The van der Waals surface area contributed by atoms with Crippen molar-refractivity contribution in [3.63, 3.8) is 0 Å². The summed E-state index contributed by atoms with van der Waals surface area (Å²) in [5, 5.41) is 5.93. The van der Waals surface area contributed by atoms with Gasteiger partial charge >= 0.3 is 0 Å². The molecular weight excluding hydrogens is 937 g/mol. The zero-order chi connectivity index (χ0) is 52.8. The van der Waals surface area contributed by atoms with Crippen molar-refractivity contribution < 1.29 is 4.42 Å². The monoisotopic (exact) mass is 998 g/mol. The van der Waals surface area contributed by atoms with Gasteiger partial charge < -0.3 is 13.6 Å². The number of benzene rings is 10. The number of aromatic nitrogens is 2. The zero-order valence-corrected chi connectivity index (χ0v) is 45.2. The molecule has 4 nitrogen and oxygen atoms in total. The molecule has 0 spiro atoms. The Hall–Kier alpha value is -8.73. The van der Waals surface area contributed by atoms with Gasteiger partial charge in [-0.1, -0.05) is 177 Å². The maximum Gasteiger partial charge on any atom is 0.200 e. The number of hydrogen-bond donors (Lipinski definition) is 0. The Bertz CT molecular complexity index is 3990. The van der Waals surface area contributed by atoms with Crippen LogP contribution in [0.25, 0.3) is 121 Å². The predicted octanol–water partition coefficient (Wildman–Crippen LogP) is 20.3. The summed E-state index contributed by atoms with van der Waals surface area (Å²) in [5.41, 5.74) is 22.2. The van der Waals surface area contributed by atoms with Gasteiger partial charge in [-0.15, -0.1) is 0 Å². The molecule has 4 heteroatoms. The number of nitrogens with zero attached hydrogens (tertiary/aromatic N) is 2. The molecule has 0 unspecified atom stereocenters. The average Bonchev–Trinajstić information content (AvgIpc) is 4.09. The third-order valence-corrected chi connectivity index (χ3v) is 16.1. The lowest BCUT2D eigenvalue weighted by molar-refractivity contribution is 0.659. The van der Waals surface area contributed by atoms with Gasteiger partial charge in [0.15, 0.2) is 0 Å². The molecule has 77 heavy (non-hydrogen) atoms. The van der Waals surface area contributed by atoms with Crippen molar-refractivity contribution in [3.05, 3.63) is 239 Å². The van der Waals surface area contributed by atoms with Gasteiger partial charge in [0, 0.05) is 45.1 Å². The summed E-state index contributed by atoms with van der Waals surface area (Å²) in [7, 11) is 0. The van der Waals surface area contributed by atoms with Crippen LogP contribution in [0.4, 0.5) is 0 Å². The molecular formula is C73H62N2O2. The molecule has 376 valence electrons.